The van der Waals surface area contributed by atoms with E-state index in [1.165, 1.54) is 34.1 Å². The molecule has 1 unspecified atom stereocenters. The smallest absolute Gasteiger partial charge is 0.338 e. The Morgan fingerprint density at radius 1 is 1.00 bits per heavy atom. The van der Waals surface area contributed by atoms with E-state index in [9.17, 15) is 13.2 Å². The Morgan fingerprint density at radius 2 is 1.61 bits per heavy atom. The van der Waals surface area contributed by atoms with Crippen LogP contribution in [0, 0.1) is 0 Å². The van der Waals surface area contributed by atoms with Gasteiger partial charge in [-0.1, -0.05) is 30.3 Å². The van der Waals surface area contributed by atoms with Crippen LogP contribution in [0.4, 0.5) is 0 Å². The van der Waals surface area contributed by atoms with Crippen molar-refractivity contribution >= 4 is 16.0 Å². The lowest BCUT2D eigenvalue weighted by molar-refractivity contribution is 0.0526. The number of hydrogen-bond acceptors (Lipinski definition) is 5. The fourth-order valence-corrected chi connectivity index (χ4v) is 4.82. The van der Waals surface area contributed by atoms with E-state index in [1.54, 1.807) is 6.92 Å². The molecule has 0 saturated carbocycles. The van der Waals surface area contributed by atoms with Crippen LogP contribution in [0.1, 0.15) is 35.8 Å². The second kappa shape index (κ2) is 8.86. The number of nitrogens with zero attached hydrogens (tertiary/aromatic N) is 2. The van der Waals surface area contributed by atoms with E-state index < -0.39 is 16.0 Å². The molecular weight excluding hydrogens is 376 g/mol. The third-order valence-electron chi connectivity index (χ3n) is 5.11. The first-order valence-electron chi connectivity index (χ1n) is 9.50. The number of sulfonamides is 1. The van der Waals surface area contributed by atoms with Crippen molar-refractivity contribution in [2.45, 2.75) is 24.8 Å². The average Bonchev–Trinajstić information content (AvgIpc) is 2.74. The van der Waals surface area contributed by atoms with Crippen LogP contribution in [0.2, 0.25) is 0 Å². The second-order valence-corrected chi connectivity index (χ2v) is 8.71. The van der Waals surface area contributed by atoms with E-state index in [0.29, 0.717) is 31.7 Å². The zero-order valence-corrected chi connectivity index (χ0v) is 17.1. The molecule has 1 saturated heterocycles. The van der Waals surface area contributed by atoms with Gasteiger partial charge in [0.1, 0.15) is 0 Å². The summed E-state index contributed by atoms with van der Waals surface area (Å²) in [6, 6.07) is 16.4. The molecule has 0 bridgehead atoms. The molecule has 0 radical (unpaired) electrons. The van der Waals surface area contributed by atoms with Gasteiger partial charge >= 0.3 is 5.97 Å². The number of piperazine rings is 1. The molecule has 0 N–H and O–H groups in total. The van der Waals surface area contributed by atoms with Gasteiger partial charge in [-0.25, -0.2) is 13.2 Å². The third kappa shape index (κ3) is 4.43. The van der Waals surface area contributed by atoms with E-state index in [-0.39, 0.29) is 17.5 Å². The van der Waals surface area contributed by atoms with Gasteiger partial charge in [-0.15, -0.1) is 0 Å². The van der Waals surface area contributed by atoms with Crippen LogP contribution in [0.3, 0.4) is 0 Å². The molecule has 3 rings (SSSR count). The quantitative estimate of drug-likeness (QED) is 0.695. The SMILES string of the molecule is CCOC(=O)c1ccc(S(=O)(=O)N2CCN(C(C)c3ccccc3)CC2)cc1. The van der Waals surface area contributed by atoms with E-state index in [4.69, 9.17) is 4.74 Å². The number of esters is 1. The first-order valence-corrected chi connectivity index (χ1v) is 10.9. The maximum atomic E-state index is 12.9. The van der Waals surface area contributed by atoms with Crippen LogP contribution >= 0.6 is 0 Å². The molecule has 0 aliphatic carbocycles. The Labute approximate surface area is 166 Å². The molecule has 7 heteroatoms. The van der Waals surface area contributed by atoms with Crippen LogP contribution in [-0.2, 0) is 14.8 Å². The topological polar surface area (TPSA) is 66.9 Å². The van der Waals surface area contributed by atoms with Crippen molar-refractivity contribution in [1.29, 1.82) is 0 Å². The molecule has 28 heavy (non-hydrogen) atoms. The zero-order chi connectivity index (χ0) is 20.1. The van der Waals surface area contributed by atoms with E-state index in [2.05, 4.69) is 24.0 Å². The first kappa shape index (κ1) is 20.5. The molecule has 1 atom stereocenters. The van der Waals surface area contributed by atoms with Gasteiger partial charge in [-0.3, -0.25) is 4.90 Å². The lowest BCUT2D eigenvalue weighted by atomic mass is 10.1. The molecule has 6 nitrogen and oxygen atoms in total. The molecular formula is C21H26N2O4S. The monoisotopic (exact) mass is 402 g/mol. The molecule has 0 aromatic heterocycles. The van der Waals surface area contributed by atoms with Crippen molar-refractivity contribution in [3.05, 3.63) is 65.7 Å². The molecule has 2 aromatic carbocycles. The summed E-state index contributed by atoms with van der Waals surface area (Å²) >= 11 is 0. The van der Waals surface area contributed by atoms with Gasteiger partial charge < -0.3 is 4.74 Å². The van der Waals surface area contributed by atoms with Crippen LogP contribution in [0.5, 0.6) is 0 Å². The van der Waals surface area contributed by atoms with Gasteiger partial charge in [0.2, 0.25) is 10.0 Å². The van der Waals surface area contributed by atoms with Crippen LogP contribution in [0.15, 0.2) is 59.5 Å². The Bertz CT molecular complexity index is 890. The Morgan fingerprint density at radius 3 is 2.18 bits per heavy atom. The summed E-state index contributed by atoms with van der Waals surface area (Å²) in [6.07, 6.45) is 0. The number of rotatable bonds is 6. The third-order valence-corrected chi connectivity index (χ3v) is 7.02. The van der Waals surface area contributed by atoms with Crippen LogP contribution < -0.4 is 0 Å². The largest absolute Gasteiger partial charge is 0.462 e. The van der Waals surface area contributed by atoms with Crippen LogP contribution in [-0.4, -0.2) is 56.4 Å². The van der Waals surface area contributed by atoms with Gasteiger partial charge in [0.25, 0.3) is 0 Å². The Balaban J connectivity index is 1.65. The highest BCUT2D eigenvalue weighted by atomic mass is 32.2. The van der Waals surface area contributed by atoms with Crippen molar-refractivity contribution in [3.63, 3.8) is 0 Å². The van der Waals surface area contributed by atoms with E-state index in [1.807, 2.05) is 18.2 Å². The minimum Gasteiger partial charge on any atom is -0.462 e. The zero-order valence-electron chi connectivity index (χ0n) is 16.2. The van der Waals surface area contributed by atoms with E-state index >= 15 is 0 Å². The molecule has 0 amide bonds. The number of ether oxygens (including phenoxy) is 1. The molecule has 1 fully saturated rings. The fourth-order valence-electron chi connectivity index (χ4n) is 3.40. The van der Waals surface area contributed by atoms with Gasteiger partial charge in [-0.05, 0) is 43.7 Å². The van der Waals surface area contributed by atoms with Gasteiger partial charge in [-0.2, -0.15) is 4.31 Å². The lowest BCUT2D eigenvalue weighted by Crippen LogP contribution is -2.49. The molecule has 1 aliphatic rings. The summed E-state index contributed by atoms with van der Waals surface area (Å²) in [4.78, 5) is 14.2. The number of carbonyl (C=O) groups excluding carboxylic acids is 1. The second-order valence-electron chi connectivity index (χ2n) is 6.77. The van der Waals surface area contributed by atoms with Crippen molar-refractivity contribution in [2.75, 3.05) is 32.8 Å². The molecule has 1 aliphatic heterocycles. The predicted molar refractivity (Wildman–Crippen MR) is 108 cm³/mol. The summed E-state index contributed by atoms with van der Waals surface area (Å²) in [7, 11) is -3.58. The van der Waals surface area contributed by atoms with Crippen molar-refractivity contribution < 1.29 is 17.9 Å². The number of carbonyl (C=O) groups is 1. The average molecular weight is 403 g/mol. The maximum absolute atomic E-state index is 12.9. The number of benzene rings is 2. The standard InChI is InChI=1S/C21H26N2O4S/c1-3-27-21(24)19-9-11-20(12-10-19)28(25,26)23-15-13-22(14-16-23)17(2)18-7-5-4-6-8-18/h4-12,17H,3,13-16H2,1-2H3. The van der Waals surface area contributed by atoms with Crippen molar-refractivity contribution in [1.82, 2.24) is 9.21 Å². The van der Waals surface area contributed by atoms with Crippen molar-refractivity contribution in [3.8, 4) is 0 Å². The van der Waals surface area contributed by atoms with Crippen molar-refractivity contribution in [2.24, 2.45) is 0 Å². The highest BCUT2D eigenvalue weighted by Gasteiger charge is 2.30. The summed E-state index contributed by atoms with van der Waals surface area (Å²) < 4.78 is 32.3. The predicted octanol–water partition coefficient (Wildman–Crippen LogP) is 2.93. The summed E-state index contributed by atoms with van der Waals surface area (Å²) in [5, 5.41) is 0. The summed E-state index contributed by atoms with van der Waals surface area (Å²) in [6.45, 7) is 6.40. The Kier molecular flexibility index (Phi) is 6.49. The molecule has 0 spiro atoms. The first-order chi connectivity index (χ1) is 13.4. The summed E-state index contributed by atoms with van der Waals surface area (Å²) in [5.74, 6) is -0.449. The summed E-state index contributed by atoms with van der Waals surface area (Å²) in [5.41, 5.74) is 1.58. The van der Waals surface area contributed by atoms with Gasteiger partial charge in [0, 0.05) is 32.2 Å². The molecule has 2 aromatic rings. The lowest BCUT2D eigenvalue weighted by Gasteiger charge is -2.37. The minimum absolute atomic E-state index is 0.199. The Hall–Kier alpha value is -2.22. The highest BCUT2D eigenvalue weighted by molar-refractivity contribution is 7.89. The molecule has 1 heterocycles. The normalized spacial score (nSPS) is 17.2. The van der Waals surface area contributed by atoms with Crippen LogP contribution in [0.25, 0.3) is 0 Å². The van der Waals surface area contributed by atoms with E-state index in [0.717, 1.165) is 0 Å². The maximum Gasteiger partial charge on any atom is 0.338 e. The molecule has 150 valence electrons. The highest BCUT2D eigenvalue weighted by Crippen LogP contribution is 2.24. The fraction of sp³-hybridized carbons (Fsp3) is 0.381. The number of hydrogen-bond donors (Lipinski definition) is 0. The van der Waals surface area contributed by atoms with Gasteiger partial charge in [0.05, 0.1) is 17.1 Å². The van der Waals surface area contributed by atoms with Gasteiger partial charge in [0.15, 0.2) is 0 Å². The minimum atomic E-state index is -3.58.